The zero-order valence-corrected chi connectivity index (χ0v) is 38.4. The van der Waals surface area contributed by atoms with Crippen molar-refractivity contribution in [1.29, 1.82) is 0 Å². The maximum atomic E-state index is 12.5. The highest BCUT2D eigenvalue weighted by Gasteiger charge is 2.19. The maximum Gasteiger partial charge on any atom is 0.299 e. The summed E-state index contributed by atoms with van der Waals surface area (Å²) in [6.07, 6.45) is 8.65. The van der Waals surface area contributed by atoms with E-state index in [9.17, 15) is 13.2 Å². The van der Waals surface area contributed by atoms with Gasteiger partial charge in [0.2, 0.25) is 0 Å². The Kier molecular flexibility index (Phi) is 23.3. The van der Waals surface area contributed by atoms with Gasteiger partial charge in [-0.3, -0.25) is 0 Å². The minimum atomic E-state index is -0.607. The molecule has 10 rings (SSSR count). The first-order valence-corrected chi connectivity index (χ1v) is 20.7. The Balaban J connectivity index is 0.000000363. The van der Waals surface area contributed by atoms with Crippen LogP contribution in [0.2, 0.25) is 0 Å². The molecule has 10 aromatic rings. The van der Waals surface area contributed by atoms with E-state index in [0.29, 0.717) is 33.3 Å². The Morgan fingerprint density at radius 2 is 0.918 bits per heavy atom. The zero-order valence-electron chi connectivity index (χ0n) is 38.4. The Bertz CT molecular complexity index is 2510. The lowest BCUT2D eigenvalue weighted by atomic mass is 9.93. The Labute approximate surface area is 355 Å². The molecular weight excluding hydrogens is 794 g/mol. The topological polar surface area (TPSA) is 131 Å². The summed E-state index contributed by atoms with van der Waals surface area (Å²) in [6, 6.07) is 12.0. The summed E-state index contributed by atoms with van der Waals surface area (Å²) in [4.78, 5) is 0. The molecule has 0 saturated heterocycles. The first-order chi connectivity index (χ1) is 29.4. The molecule has 0 spiro atoms. The van der Waals surface area contributed by atoms with Crippen LogP contribution in [0.25, 0.3) is 55.8 Å². The van der Waals surface area contributed by atoms with Crippen molar-refractivity contribution < 1.29 is 57.3 Å². The fraction of sp³-hybridized carbons (Fsp3) is 0.375. The van der Waals surface area contributed by atoms with E-state index in [0.717, 1.165) is 34.3 Å². The highest BCUT2D eigenvalue weighted by Crippen LogP contribution is 2.29. The van der Waals surface area contributed by atoms with Gasteiger partial charge < -0.3 is 44.2 Å². The molecule has 0 atom stereocenters. The monoisotopic (exact) mass is 856 g/mol. The van der Waals surface area contributed by atoms with E-state index in [-0.39, 0.29) is 22.8 Å². The lowest BCUT2D eigenvalue weighted by Gasteiger charge is -2.13. The highest BCUT2D eigenvalue weighted by atomic mass is 19.1. The Hall–Kier alpha value is -6.11. The SMILES string of the molecule is CC.CC.CC.CC.CC.CC(C)(C)c1cc2ccoc2o1.CCc1cc2ccoc2o1.Cc1c(F)oc2occc12.Cc1coc2oc(F)cc12.Fc1cc2ccoc2o1. The smallest absolute Gasteiger partial charge is 0.299 e. The van der Waals surface area contributed by atoms with Crippen LogP contribution in [0, 0.1) is 31.9 Å². The second-order valence-electron chi connectivity index (χ2n) is 12.3. The van der Waals surface area contributed by atoms with Crippen LogP contribution in [-0.4, -0.2) is 0 Å². The van der Waals surface area contributed by atoms with Crippen LogP contribution in [-0.2, 0) is 11.8 Å². The Morgan fingerprint density at radius 3 is 1.39 bits per heavy atom. The molecule has 336 valence electrons. The molecule has 61 heavy (non-hydrogen) atoms. The summed E-state index contributed by atoms with van der Waals surface area (Å²) >= 11 is 0. The van der Waals surface area contributed by atoms with Crippen molar-refractivity contribution in [3.63, 3.8) is 0 Å². The average Bonchev–Trinajstić information content (AvgIpc) is 4.10. The second kappa shape index (κ2) is 26.9. The van der Waals surface area contributed by atoms with Crippen molar-refractivity contribution in [2.45, 2.75) is 123 Å². The quantitative estimate of drug-likeness (QED) is 0.157. The van der Waals surface area contributed by atoms with Crippen molar-refractivity contribution in [2.75, 3.05) is 0 Å². The van der Waals surface area contributed by atoms with Gasteiger partial charge in [0.05, 0.1) is 58.2 Å². The van der Waals surface area contributed by atoms with Gasteiger partial charge in [0.15, 0.2) is 0 Å². The number of rotatable bonds is 1. The van der Waals surface area contributed by atoms with Gasteiger partial charge in [-0.2, -0.15) is 13.2 Å². The standard InChI is InChI=1S/C10H12O2.C8H8O2.2C7H5FO2.C6H3FO2.5C2H6/c1-10(2,3)8-6-7-4-5-11-9(7)12-8;1-2-7-5-6-3-4-9-8(6)10-7;1-4-3-9-7-5(4)2-6(8)10-7;1-4-5-2-3-9-7(5)10-6(4)8;7-5-3-4-1-2-8-6(4)9-5;5*1-2/h4-6H,1-3H3;3-5H,2H2,1H3;2*2-3H,1H3;1-3H;5*1-2H3. The molecule has 10 nitrogen and oxygen atoms in total. The molecule has 10 aromatic heterocycles. The summed E-state index contributed by atoms with van der Waals surface area (Å²) in [5.74, 6) is 3.97. The van der Waals surface area contributed by atoms with Crippen molar-refractivity contribution in [1.82, 2.24) is 0 Å². The fourth-order valence-electron chi connectivity index (χ4n) is 4.69. The van der Waals surface area contributed by atoms with Crippen molar-refractivity contribution in [3.8, 4) is 0 Å². The van der Waals surface area contributed by atoms with E-state index in [4.69, 9.17) is 30.9 Å². The first-order valence-electron chi connectivity index (χ1n) is 20.7. The van der Waals surface area contributed by atoms with E-state index in [1.165, 1.54) is 30.9 Å². The van der Waals surface area contributed by atoms with Crippen molar-refractivity contribution >= 4 is 55.8 Å². The number of fused-ring (bicyclic) bond motifs is 5. The number of hydrogen-bond acceptors (Lipinski definition) is 10. The minimum Gasteiger partial charge on any atom is -0.433 e. The number of furan rings is 10. The molecule has 0 aliphatic carbocycles. The molecule has 0 bridgehead atoms. The summed E-state index contributed by atoms with van der Waals surface area (Å²) in [6.45, 7) is 31.9. The van der Waals surface area contributed by atoms with Crippen molar-refractivity contribution in [2.24, 2.45) is 0 Å². The minimum absolute atomic E-state index is 0.0571. The van der Waals surface area contributed by atoms with Crippen LogP contribution in [0.5, 0.6) is 0 Å². The molecule has 0 amide bonds. The van der Waals surface area contributed by atoms with Gasteiger partial charge >= 0.3 is 0 Å². The number of halogens is 3. The third-order valence-electron chi connectivity index (χ3n) is 7.50. The molecule has 0 aliphatic heterocycles. The molecule has 10 heterocycles. The Morgan fingerprint density at radius 1 is 0.475 bits per heavy atom. The predicted octanol–water partition coefficient (Wildman–Crippen LogP) is 18.2. The van der Waals surface area contributed by atoms with Crippen molar-refractivity contribution in [3.05, 3.63) is 121 Å². The van der Waals surface area contributed by atoms with Crippen LogP contribution in [0.4, 0.5) is 13.2 Å². The molecule has 13 heteroatoms. The maximum absolute atomic E-state index is 12.5. The summed E-state index contributed by atoms with van der Waals surface area (Å²) < 4.78 is 86.0. The van der Waals surface area contributed by atoms with E-state index >= 15 is 0 Å². The fourth-order valence-corrected chi connectivity index (χ4v) is 4.69. The third-order valence-corrected chi connectivity index (χ3v) is 7.50. The lowest BCUT2D eigenvalue weighted by molar-refractivity contribution is 0.342. The van der Waals surface area contributed by atoms with Gasteiger partial charge in [-0.05, 0) is 55.8 Å². The molecule has 0 fully saturated rings. The third kappa shape index (κ3) is 14.8. The molecule has 0 saturated carbocycles. The molecule has 0 aliphatic rings. The number of hydrogen-bond donors (Lipinski definition) is 0. The number of aryl methyl sites for hydroxylation is 3. The zero-order chi connectivity index (χ0) is 46.3. The van der Waals surface area contributed by atoms with E-state index in [2.05, 4.69) is 40.9 Å². The van der Waals surface area contributed by atoms with Crippen LogP contribution >= 0.6 is 0 Å². The normalized spacial score (nSPS) is 9.95. The van der Waals surface area contributed by atoms with E-state index in [1.54, 1.807) is 31.6 Å². The van der Waals surface area contributed by atoms with Gasteiger partial charge in [0, 0.05) is 29.5 Å². The van der Waals surface area contributed by atoms with Gasteiger partial charge in [-0.25, -0.2) is 0 Å². The molecule has 0 aromatic carbocycles. The predicted molar refractivity (Wildman–Crippen MR) is 237 cm³/mol. The molecular formula is C48H63F3O10. The summed E-state index contributed by atoms with van der Waals surface area (Å²) in [5, 5.41) is 4.17. The highest BCUT2D eigenvalue weighted by molar-refractivity contribution is 5.77. The molecule has 0 N–H and O–H groups in total. The van der Waals surface area contributed by atoms with E-state index < -0.39 is 18.0 Å². The largest absolute Gasteiger partial charge is 0.433 e. The van der Waals surface area contributed by atoms with Gasteiger partial charge in [-0.1, -0.05) is 96.9 Å². The second-order valence-corrected chi connectivity index (χ2v) is 12.3. The van der Waals surface area contributed by atoms with Crippen LogP contribution < -0.4 is 0 Å². The van der Waals surface area contributed by atoms with Crippen LogP contribution in [0.1, 0.15) is 120 Å². The van der Waals surface area contributed by atoms with Gasteiger partial charge in [-0.15, -0.1) is 0 Å². The average molecular weight is 857 g/mol. The van der Waals surface area contributed by atoms with E-state index in [1.807, 2.05) is 100 Å². The van der Waals surface area contributed by atoms with Crippen LogP contribution in [0.3, 0.4) is 0 Å². The van der Waals surface area contributed by atoms with Gasteiger partial charge in [0.1, 0.15) is 11.5 Å². The lowest BCUT2D eigenvalue weighted by Crippen LogP contribution is -2.08. The summed E-state index contributed by atoms with van der Waals surface area (Å²) in [5.41, 5.74) is 1.45. The van der Waals surface area contributed by atoms with Crippen LogP contribution in [0.15, 0.2) is 124 Å². The molecule has 0 unspecified atom stereocenters. The first kappa shape index (κ1) is 52.9. The van der Waals surface area contributed by atoms with Gasteiger partial charge in [0.25, 0.3) is 46.9 Å². The molecule has 0 radical (unpaired) electrons. The summed E-state index contributed by atoms with van der Waals surface area (Å²) in [7, 11) is 0.